The molecule has 1 fully saturated rings. The fraction of sp³-hybridized carbons (Fsp3) is 0.846. The first-order valence-corrected chi connectivity index (χ1v) is 6.87. The minimum absolute atomic E-state index is 0.705. The van der Waals surface area contributed by atoms with Crippen molar-refractivity contribution in [1.29, 1.82) is 0 Å². The molecule has 2 rings (SSSR count). The average molecular weight is 236 g/mol. The maximum Gasteiger partial charge on any atom is 0.138 e. The largest absolute Gasteiger partial charge is 0.317 e. The van der Waals surface area contributed by atoms with Crippen molar-refractivity contribution in [2.45, 2.75) is 58.0 Å². The second-order valence-electron chi connectivity index (χ2n) is 5.12. The Hall–Kier alpha value is -0.900. The molecule has 0 spiro atoms. The van der Waals surface area contributed by atoms with Crippen molar-refractivity contribution in [3.63, 3.8) is 0 Å². The molecule has 96 valence electrons. The van der Waals surface area contributed by atoms with Gasteiger partial charge in [0.05, 0.1) is 0 Å². The summed E-state index contributed by atoms with van der Waals surface area (Å²) in [6.45, 7) is 3.18. The molecule has 1 aliphatic carbocycles. The van der Waals surface area contributed by atoms with Gasteiger partial charge in [0.15, 0.2) is 0 Å². The quantitative estimate of drug-likeness (QED) is 0.850. The summed E-state index contributed by atoms with van der Waals surface area (Å²) >= 11 is 0. The van der Waals surface area contributed by atoms with Gasteiger partial charge in [-0.1, -0.05) is 13.3 Å². The van der Waals surface area contributed by atoms with Crippen LogP contribution in [0.15, 0.2) is 6.33 Å². The van der Waals surface area contributed by atoms with E-state index in [1.165, 1.54) is 31.5 Å². The summed E-state index contributed by atoms with van der Waals surface area (Å²) in [5.74, 6) is 1.95. The summed E-state index contributed by atoms with van der Waals surface area (Å²) in [6.07, 6.45) is 9.22. The van der Waals surface area contributed by atoms with E-state index < -0.39 is 0 Å². The van der Waals surface area contributed by atoms with Crippen LogP contribution < -0.4 is 5.32 Å². The SMILES string of the molecule is CCCn1ncnc1CC1CCCC(NC)C1. The predicted molar refractivity (Wildman–Crippen MR) is 68.8 cm³/mol. The Morgan fingerprint density at radius 2 is 2.35 bits per heavy atom. The van der Waals surface area contributed by atoms with E-state index in [9.17, 15) is 0 Å². The topological polar surface area (TPSA) is 42.7 Å². The van der Waals surface area contributed by atoms with Crippen LogP contribution in [0, 0.1) is 5.92 Å². The van der Waals surface area contributed by atoms with Gasteiger partial charge < -0.3 is 5.32 Å². The van der Waals surface area contributed by atoms with Crippen molar-refractivity contribution < 1.29 is 0 Å². The molecule has 17 heavy (non-hydrogen) atoms. The summed E-state index contributed by atoms with van der Waals surface area (Å²) in [5.41, 5.74) is 0. The molecular formula is C13H24N4. The van der Waals surface area contributed by atoms with Gasteiger partial charge in [-0.25, -0.2) is 4.98 Å². The molecule has 1 heterocycles. The molecule has 1 saturated carbocycles. The highest BCUT2D eigenvalue weighted by Crippen LogP contribution is 2.26. The second kappa shape index (κ2) is 6.15. The third kappa shape index (κ3) is 3.28. The van der Waals surface area contributed by atoms with Crippen LogP contribution in [-0.4, -0.2) is 27.9 Å². The van der Waals surface area contributed by atoms with Crippen molar-refractivity contribution in [2.24, 2.45) is 5.92 Å². The molecule has 1 aromatic rings. The molecule has 0 bridgehead atoms. The van der Waals surface area contributed by atoms with E-state index >= 15 is 0 Å². The number of nitrogens with zero attached hydrogens (tertiary/aromatic N) is 3. The Labute approximate surface area is 104 Å². The van der Waals surface area contributed by atoms with Crippen LogP contribution in [0.4, 0.5) is 0 Å². The van der Waals surface area contributed by atoms with Gasteiger partial charge in [-0.3, -0.25) is 4.68 Å². The first-order chi connectivity index (χ1) is 8.33. The molecule has 0 saturated heterocycles. The number of aryl methyl sites for hydroxylation is 1. The van der Waals surface area contributed by atoms with Gasteiger partial charge in [0.25, 0.3) is 0 Å². The fourth-order valence-electron chi connectivity index (χ4n) is 2.84. The predicted octanol–water partition coefficient (Wildman–Crippen LogP) is 2.01. The molecule has 1 aromatic heterocycles. The summed E-state index contributed by atoms with van der Waals surface area (Å²) in [4.78, 5) is 4.41. The lowest BCUT2D eigenvalue weighted by Crippen LogP contribution is -2.32. The third-order valence-electron chi connectivity index (χ3n) is 3.79. The molecule has 0 radical (unpaired) electrons. The van der Waals surface area contributed by atoms with Crippen LogP contribution in [0.2, 0.25) is 0 Å². The maximum absolute atomic E-state index is 4.41. The fourth-order valence-corrected chi connectivity index (χ4v) is 2.84. The Morgan fingerprint density at radius 3 is 3.12 bits per heavy atom. The molecule has 1 aliphatic rings. The molecule has 0 aliphatic heterocycles. The van der Waals surface area contributed by atoms with Gasteiger partial charge in [0, 0.05) is 19.0 Å². The van der Waals surface area contributed by atoms with Crippen LogP contribution >= 0.6 is 0 Å². The number of rotatable bonds is 5. The van der Waals surface area contributed by atoms with Crippen LogP contribution in [-0.2, 0) is 13.0 Å². The van der Waals surface area contributed by atoms with E-state index in [4.69, 9.17) is 0 Å². The monoisotopic (exact) mass is 236 g/mol. The summed E-state index contributed by atoms with van der Waals surface area (Å²) in [5, 5.41) is 7.71. The number of hydrogen-bond donors (Lipinski definition) is 1. The number of aromatic nitrogens is 3. The lowest BCUT2D eigenvalue weighted by atomic mass is 9.83. The van der Waals surface area contributed by atoms with Gasteiger partial charge in [0.1, 0.15) is 12.2 Å². The molecule has 4 nitrogen and oxygen atoms in total. The Balaban J connectivity index is 1.93. The van der Waals surface area contributed by atoms with E-state index in [1.807, 2.05) is 0 Å². The summed E-state index contributed by atoms with van der Waals surface area (Å²) in [6, 6.07) is 0.705. The molecule has 2 unspecified atom stereocenters. The molecule has 0 amide bonds. The lowest BCUT2D eigenvalue weighted by Gasteiger charge is -2.28. The molecule has 4 heteroatoms. The van der Waals surface area contributed by atoms with Gasteiger partial charge in [-0.2, -0.15) is 5.10 Å². The van der Waals surface area contributed by atoms with Gasteiger partial charge in [0.2, 0.25) is 0 Å². The first-order valence-electron chi connectivity index (χ1n) is 6.87. The van der Waals surface area contributed by atoms with Crippen LogP contribution in [0.3, 0.4) is 0 Å². The number of hydrogen-bond acceptors (Lipinski definition) is 3. The number of nitrogens with one attached hydrogen (secondary N) is 1. The zero-order valence-corrected chi connectivity index (χ0v) is 11.0. The molecule has 0 aromatic carbocycles. The van der Waals surface area contributed by atoms with E-state index in [1.54, 1.807) is 6.33 Å². The van der Waals surface area contributed by atoms with E-state index in [0.717, 1.165) is 25.3 Å². The van der Waals surface area contributed by atoms with Crippen molar-refractivity contribution in [3.8, 4) is 0 Å². The Kier molecular flexibility index (Phi) is 4.54. The second-order valence-corrected chi connectivity index (χ2v) is 5.12. The normalized spacial score (nSPS) is 25.1. The minimum atomic E-state index is 0.705. The van der Waals surface area contributed by atoms with E-state index in [2.05, 4.69) is 34.1 Å². The van der Waals surface area contributed by atoms with Gasteiger partial charge >= 0.3 is 0 Å². The standard InChI is InChI=1S/C13H24N4/c1-3-7-17-13(15-10-16-17)9-11-5-4-6-12(8-11)14-2/h10-12,14H,3-9H2,1-2H3. The average Bonchev–Trinajstić information content (AvgIpc) is 2.78. The van der Waals surface area contributed by atoms with Crippen molar-refractivity contribution >= 4 is 0 Å². The molecule has 2 atom stereocenters. The van der Waals surface area contributed by atoms with Crippen LogP contribution in [0.25, 0.3) is 0 Å². The summed E-state index contributed by atoms with van der Waals surface area (Å²) in [7, 11) is 2.08. The zero-order chi connectivity index (χ0) is 12.1. The lowest BCUT2D eigenvalue weighted by molar-refractivity contribution is 0.288. The minimum Gasteiger partial charge on any atom is -0.317 e. The van der Waals surface area contributed by atoms with Crippen molar-refractivity contribution in [3.05, 3.63) is 12.2 Å². The van der Waals surface area contributed by atoms with Gasteiger partial charge in [-0.05, 0) is 38.6 Å². The zero-order valence-electron chi connectivity index (χ0n) is 11.0. The highest BCUT2D eigenvalue weighted by Gasteiger charge is 2.22. The highest BCUT2D eigenvalue weighted by molar-refractivity contribution is 4.90. The Morgan fingerprint density at radius 1 is 1.47 bits per heavy atom. The molecular weight excluding hydrogens is 212 g/mol. The maximum atomic E-state index is 4.41. The highest BCUT2D eigenvalue weighted by atomic mass is 15.3. The van der Waals surface area contributed by atoms with Crippen molar-refractivity contribution in [2.75, 3.05) is 7.05 Å². The molecule has 1 N–H and O–H groups in total. The summed E-state index contributed by atoms with van der Waals surface area (Å²) < 4.78 is 2.07. The van der Waals surface area contributed by atoms with Gasteiger partial charge in [-0.15, -0.1) is 0 Å². The van der Waals surface area contributed by atoms with Crippen molar-refractivity contribution in [1.82, 2.24) is 20.1 Å². The third-order valence-corrected chi connectivity index (χ3v) is 3.79. The van der Waals surface area contributed by atoms with Crippen LogP contribution in [0.5, 0.6) is 0 Å². The van der Waals surface area contributed by atoms with E-state index in [0.29, 0.717) is 6.04 Å². The smallest absolute Gasteiger partial charge is 0.138 e. The van der Waals surface area contributed by atoms with Crippen LogP contribution in [0.1, 0.15) is 44.9 Å². The Bertz CT molecular complexity index is 334. The first kappa shape index (κ1) is 12.6. The van der Waals surface area contributed by atoms with E-state index in [-0.39, 0.29) is 0 Å².